The number of aliphatic carboxylic acids is 1. The quantitative estimate of drug-likeness (QED) is 0.721. The average molecular weight is 212 g/mol. The van der Waals surface area contributed by atoms with Crippen molar-refractivity contribution >= 4 is 12.0 Å². The molecule has 1 saturated heterocycles. The van der Waals surface area contributed by atoms with E-state index in [4.69, 9.17) is 5.11 Å². The highest BCUT2D eigenvalue weighted by molar-refractivity contribution is 5.83. The van der Waals surface area contributed by atoms with Gasteiger partial charge in [0.05, 0.1) is 0 Å². The minimum absolute atomic E-state index is 0.159. The molecule has 2 N–H and O–H groups in total. The second-order valence-corrected chi connectivity index (χ2v) is 4.25. The van der Waals surface area contributed by atoms with Crippen LogP contribution in [0.25, 0.3) is 0 Å². The normalized spacial score (nSPS) is 24.3. The first-order chi connectivity index (χ1) is 7.20. The molecule has 1 aliphatic heterocycles. The molecule has 2 rings (SSSR count). The molecule has 5 nitrogen and oxygen atoms in total. The molecule has 2 aliphatic rings. The Morgan fingerprint density at radius 3 is 2.67 bits per heavy atom. The van der Waals surface area contributed by atoms with Crippen LogP contribution in [0.15, 0.2) is 0 Å². The van der Waals surface area contributed by atoms with Crippen molar-refractivity contribution in [1.82, 2.24) is 10.2 Å². The average Bonchev–Trinajstić information content (AvgIpc) is 2.12. The summed E-state index contributed by atoms with van der Waals surface area (Å²) in [5.74, 6) is -0.705. The Kier molecular flexibility index (Phi) is 2.79. The highest BCUT2D eigenvalue weighted by Gasteiger charge is 2.39. The van der Waals surface area contributed by atoms with Gasteiger partial charge in [-0.1, -0.05) is 6.42 Å². The molecule has 0 bridgehead atoms. The Morgan fingerprint density at radius 2 is 2.20 bits per heavy atom. The van der Waals surface area contributed by atoms with Crippen molar-refractivity contribution in [1.29, 1.82) is 0 Å². The first kappa shape index (κ1) is 10.3. The van der Waals surface area contributed by atoms with Crippen molar-refractivity contribution in [2.45, 2.75) is 31.7 Å². The Labute approximate surface area is 88.4 Å². The molecule has 84 valence electrons. The Bertz CT molecular complexity index is 276. The number of nitrogens with one attached hydrogen (secondary N) is 1. The molecule has 1 aliphatic carbocycles. The molecule has 1 heterocycles. The van der Waals surface area contributed by atoms with Gasteiger partial charge in [-0.2, -0.15) is 0 Å². The molecule has 15 heavy (non-hydrogen) atoms. The number of nitrogens with zero attached hydrogens (tertiary/aromatic N) is 1. The molecular formula is C10H16N2O3. The first-order valence-corrected chi connectivity index (χ1v) is 5.47. The van der Waals surface area contributed by atoms with E-state index >= 15 is 0 Å². The predicted octanol–water partition coefficient (Wildman–Crippen LogP) is 0.655. The van der Waals surface area contributed by atoms with Gasteiger partial charge in [0, 0.05) is 13.1 Å². The number of carbonyl (C=O) groups excluding carboxylic acids is 1. The van der Waals surface area contributed by atoms with Gasteiger partial charge in [0.15, 0.2) is 0 Å². The van der Waals surface area contributed by atoms with Crippen LogP contribution >= 0.6 is 0 Å². The molecule has 2 fully saturated rings. The summed E-state index contributed by atoms with van der Waals surface area (Å²) in [6.07, 6.45) is 3.79. The summed E-state index contributed by atoms with van der Waals surface area (Å²) in [7, 11) is 0. The van der Waals surface area contributed by atoms with Gasteiger partial charge in [-0.15, -0.1) is 0 Å². The number of urea groups is 1. The summed E-state index contributed by atoms with van der Waals surface area (Å²) in [5.41, 5.74) is 0. The van der Waals surface area contributed by atoms with E-state index in [9.17, 15) is 9.59 Å². The number of amides is 2. The lowest BCUT2D eigenvalue weighted by Crippen LogP contribution is -2.57. The number of rotatable bonds is 3. The molecular weight excluding hydrogens is 196 g/mol. The maximum absolute atomic E-state index is 11.5. The zero-order chi connectivity index (χ0) is 10.8. The summed E-state index contributed by atoms with van der Waals surface area (Å²) >= 11 is 0. The highest BCUT2D eigenvalue weighted by Crippen LogP contribution is 2.32. The van der Waals surface area contributed by atoms with Gasteiger partial charge in [-0.05, 0) is 25.2 Å². The zero-order valence-corrected chi connectivity index (χ0v) is 8.61. The number of carboxylic acids is 1. The molecule has 1 atom stereocenters. The third kappa shape index (κ3) is 1.91. The van der Waals surface area contributed by atoms with Crippen LogP contribution in [0.5, 0.6) is 0 Å². The van der Waals surface area contributed by atoms with Gasteiger partial charge < -0.3 is 15.3 Å². The molecule has 0 spiro atoms. The fourth-order valence-electron chi connectivity index (χ4n) is 2.26. The van der Waals surface area contributed by atoms with Gasteiger partial charge >= 0.3 is 12.0 Å². The van der Waals surface area contributed by atoms with E-state index in [1.54, 1.807) is 0 Å². The van der Waals surface area contributed by atoms with Crippen molar-refractivity contribution in [3.63, 3.8) is 0 Å². The third-order valence-corrected chi connectivity index (χ3v) is 3.30. The smallest absolute Gasteiger partial charge is 0.326 e. The maximum Gasteiger partial charge on any atom is 0.326 e. The van der Waals surface area contributed by atoms with Gasteiger partial charge in [0.25, 0.3) is 0 Å². The fraction of sp³-hybridized carbons (Fsp3) is 0.800. The molecule has 2 amide bonds. The molecule has 5 heteroatoms. The summed E-state index contributed by atoms with van der Waals surface area (Å²) in [5, 5.41) is 11.9. The predicted molar refractivity (Wildman–Crippen MR) is 53.5 cm³/mol. The van der Waals surface area contributed by atoms with Crippen molar-refractivity contribution in [2.24, 2.45) is 5.92 Å². The minimum Gasteiger partial charge on any atom is -0.480 e. The molecule has 0 radical (unpaired) electrons. The summed E-state index contributed by atoms with van der Waals surface area (Å²) < 4.78 is 0. The van der Waals surface area contributed by atoms with Crippen molar-refractivity contribution in [2.75, 3.05) is 13.1 Å². The lowest BCUT2D eigenvalue weighted by Gasteiger charge is -2.40. The second-order valence-electron chi connectivity index (χ2n) is 4.25. The minimum atomic E-state index is -0.864. The second kappa shape index (κ2) is 4.08. The fourth-order valence-corrected chi connectivity index (χ4v) is 2.26. The van der Waals surface area contributed by atoms with E-state index in [0.717, 1.165) is 25.7 Å². The van der Waals surface area contributed by atoms with E-state index in [-0.39, 0.29) is 11.9 Å². The number of carbonyl (C=O) groups is 2. The summed E-state index contributed by atoms with van der Waals surface area (Å²) in [6, 6.07) is -0.834. The first-order valence-electron chi connectivity index (χ1n) is 5.47. The molecule has 1 unspecified atom stereocenters. The lowest BCUT2D eigenvalue weighted by atomic mass is 9.79. The molecule has 0 aromatic heterocycles. The zero-order valence-electron chi connectivity index (χ0n) is 8.61. The van der Waals surface area contributed by atoms with Gasteiger partial charge in [0.2, 0.25) is 0 Å². The van der Waals surface area contributed by atoms with E-state index in [1.165, 1.54) is 4.90 Å². The maximum atomic E-state index is 11.5. The number of hydrogen-bond acceptors (Lipinski definition) is 2. The van der Waals surface area contributed by atoms with Crippen molar-refractivity contribution in [3.8, 4) is 0 Å². The number of carboxylic acid groups (broad SMARTS) is 1. The lowest BCUT2D eigenvalue weighted by molar-refractivity contribution is -0.145. The van der Waals surface area contributed by atoms with E-state index in [0.29, 0.717) is 13.1 Å². The van der Waals surface area contributed by atoms with E-state index in [1.807, 2.05) is 0 Å². The SMILES string of the molecule is O=C(O)C(C1CCC1)N1CCCNC1=O. The summed E-state index contributed by atoms with van der Waals surface area (Å²) in [6.45, 7) is 1.23. The van der Waals surface area contributed by atoms with Crippen LogP contribution < -0.4 is 5.32 Å². The standard InChI is InChI=1S/C10H16N2O3/c13-9(14)8(7-3-1-4-7)12-6-2-5-11-10(12)15/h7-8H,1-6H2,(H,11,15)(H,13,14). The van der Waals surface area contributed by atoms with Crippen LogP contribution in [-0.2, 0) is 4.79 Å². The van der Waals surface area contributed by atoms with Crippen LogP contribution in [0, 0.1) is 5.92 Å². The van der Waals surface area contributed by atoms with Crippen LogP contribution in [0.4, 0.5) is 4.79 Å². The molecule has 0 aromatic carbocycles. The molecule has 1 saturated carbocycles. The Morgan fingerprint density at radius 1 is 1.47 bits per heavy atom. The largest absolute Gasteiger partial charge is 0.480 e. The van der Waals surface area contributed by atoms with Crippen LogP contribution in [0.2, 0.25) is 0 Å². The van der Waals surface area contributed by atoms with E-state index in [2.05, 4.69) is 5.32 Å². The summed E-state index contributed by atoms with van der Waals surface area (Å²) in [4.78, 5) is 24.2. The molecule has 0 aromatic rings. The van der Waals surface area contributed by atoms with Crippen LogP contribution in [0.1, 0.15) is 25.7 Å². The van der Waals surface area contributed by atoms with Crippen molar-refractivity contribution < 1.29 is 14.7 Å². The van der Waals surface area contributed by atoms with Gasteiger partial charge in [0.1, 0.15) is 6.04 Å². The Balaban J connectivity index is 2.08. The third-order valence-electron chi connectivity index (χ3n) is 3.30. The Hall–Kier alpha value is -1.26. The number of hydrogen-bond donors (Lipinski definition) is 2. The van der Waals surface area contributed by atoms with Gasteiger partial charge in [-0.25, -0.2) is 9.59 Å². The van der Waals surface area contributed by atoms with Crippen LogP contribution in [-0.4, -0.2) is 41.1 Å². The van der Waals surface area contributed by atoms with Gasteiger partial charge in [-0.3, -0.25) is 0 Å². The van der Waals surface area contributed by atoms with Crippen molar-refractivity contribution in [3.05, 3.63) is 0 Å². The highest BCUT2D eigenvalue weighted by atomic mass is 16.4. The monoisotopic (exact) mass is 212 g/mol. The van der Waals surface area contributed by atoms with E-state index < -0.39 is 12.0 Å². The van der Waals surface area contributed by atoms with Crippen LogP contribution in [0.3, 0.4) is 0 Å². The topological polar surface area (TPSA) is 69.6 Å².